The smallest absolute Gasteiger partial charge is 0.0725 e. The summed E-state index contributed by atoms with van der Waals surface area (Å²) in [5.41, 5.74) is 31.9. The number of anilines is 1. The molecule has 9 aromatic carbocycles. The maximum atomic E-state index is 6.99. The normalized spacial score (nSPS) is 13.6. The first kappa shape index (κ1) is 32.6. The van der Waals surface area contributed by atoms with E-state index in [1.807, 2.05) is 12.1 Å². The molecule has 0 saturated heterocycles. The highest BCUT2D eigenvalue weighted by molar-refractivity contribution is 6.11. The molecule has 3 aliphatic rings. The summed E-state index contributed by atoms with van der Waals surface area (Å²) in [6, 6.07) is 72.2. The van der Waals surface area contributed by atoms with Crippen LogP contribution in [-0.4, -0.2) is 4.57 Å². The fourth-order valence-electron chi connectivity index (χ4n) is 11.3. The second-order valence-electron chi connectivity index (χ2n) is 16.6. The minimum absolute atomic E-state index is 0.424. The zero-order chi connectivity index (χ0) is 38.8. The molecule has 0 fully saturated rings. The molecule has 0 bridgehead atoms. The number of nitrogen functional groups attached to an aromatic ring is 1. The molecule has 0 saturated carbocycles. The Morgan fingerprint density at radius 2 is 1.07 bits per heavy atom. The standard InChI is InChI=1S/C57H38N2/c58-52-26-11-6-22-45(52)55-37(28-29-51-56(55)44-21-5-10-25-50(44)57(51)48-23-8-3-18-41(48)42-19-4-9-24-49(42)57)30-35-14-13-16-39(31-35)59-53-27-12-7-20-43(53)47-33-38-32-36-15-1-2-17-40(36)46(38)34-54(47)59/h1-29,31,33-34H,30,32,58H2. The predicted octanol–water partition coefficient (Wildman–Crippen LogP) is 13.5. The van der Waals surface area contributed by atoms with Gasteiger partial charge in [-0.2, -0.15) is 0 Å². The highest BCUT2D eigenvalue weighted by Crippen LogP contribution is 2.64. The van der Waals surface area contributed by atoms with Gasteiger partial charge in [-0.1, -0.05) is 158 Å². The van der Waals surface area contributed by atoms with Gasteiger partial charge in [0.05, 0.1) is 16.4 Å². The number of nitrogens with two attached hydrogens (primary N) is 1. The third kappa shape index (κ3) is 4.35. The summed E-state index contributed by atoms with van der Waals surface area (Å²) < 4.78 is 2.48. The monoisotopic (exact) mass is 750 g/mol. The Bertz CT molecular complexity index is 3370. The Kier molecular flexibility index (Phi) is 6.67. The minimum Gasteiger partial charge on any atom is -0.398 e. The third-order valence-corrected chi connectivity index (χ3v) is 13.6. The Hall–Kier alpha value is -7.42. The van der Waals surface area contributed by atoms with E-state index >= 15 is 0 Å². The van der Waals surface area contributed by atoms with Crippen LogP contribution < -0.4 is 5.73 Å². The van der Waals surface area contributed by atoms with E-state index in [4.69, 9.17) is 5.73 Å². The van der Waals surface area contributed by atoms with E-state index < -0.39 is 5.41 Å². The molecule has 1 aromatic heterocycles. The van der Waals surface area contributed by atoms with E-state index in [1.165, 1.54) is 111 Å². The molecule has 1 heterocycles. The fourth-order valence-corrected chi connectivity index (χ4v) is 11.3. The van der Waals surface area contributed by atoms with Gasteiger partial charge in [-0.3, -0.25) is 0 Å². The Labute approximate surface area is 343 Å². The van der Waals surface area contributed by atoms with Crippen molar-refractivity contribution >= 4 is 27.5 Å². The number of aromatic nitrogens is 1. The molecule has 0 aliphatic heterocycles. The summed E-state index contributed by atoms with van der Waals surface area (Å²) in [5, 5.41) is 2.59. The molecule has 2 N–H and O–H groups in total. The molecule has 0 radical (unpaired) electrons. The zero-order valence-corrected chi connectivity index (χ0v) is 32.4. The van der Waals surface area contributed by atoms with Crippen LogP contribution in [0.5, 0.6) is 0 Å². The predicted molar refractivity (Wildman–Crippen MR) is 244 cm³/mol. The average Bonchev–Trinajstić information content (AvgIpc) is 3.99. The molecule has 276 valence electrons. The van der Waals surface area contributed by atoms with Crippen molar-refractivity contribution in [2.75, 3.05) is 5.73 Å². The lowest BCUT2D eigenvalue weighted by Crippen LogP contribution is -2.25. The second kappa shape index (κ2) is 12.0. The topological polar surface area (TPSA) is 30.9 Å². The first-order chi connectivity index (χ1) is 29.2. The van der Waals surface area contributed by atoms with Crippen LogP contribution in [0.25, 0.3) is 72.0 Å². The van der Waals surface area contributed by atoms with Crippen LogP contribution in [0.1, 0.15) is 44.5 Å². The molecule has 0 amide bonds. The second-order valence-corrected chi connectivity index (χ2v) is 16.6. The van der Waals surface area contributed by atoms with E-state index in [9.17, 15) is 0 Å². The average molecular weight is 751 g/mol. The van der Waals surface area contributed by atoms with Gasteiger partial charge < -0.3 is 10.3 Å². The van der Waals surface area contributed by atoms with Gasteiger partial charge in [-0.05, 0) is 133 Å². The quantitative estimate of drug-likeness (QED) is 0.178. The number of hydrogen-bond donors (Lipinski definition) is 1. The molecular formula is C57H38N2. The lowest BCUT2D eigenvalue weighted by molar-refractivity contribution is 0.793. The van der Waals surface area contributed by atoms with Crippen molar-refractivity contribution in [3.8, 4) is 50.2 Å². The summed E-state index contributed by atoms with van der Waals surface area (Å²) in [6.45, 7) is 0. The van der Waals surface area contributed by atoms with Crippen molar-refractivity contribution in [2.24, 2.45) is 0 Å². The first-order valence-corrected chi connectivity index (χ1v) is 20.7. The van der Waals surface area contributed by atoms with Gasteiger partial charge in [-0.15, -0.1) is 0 Å². The van der Waals surface area contributed by atoms with Crippen molar-refractivity contribution in [3.05, 3.63) is 239 Å². The molecular weight excluding hydrogens is 713 g/mol. The van der Waals surface area contributed by atoms with Crippen LogP contribution in [-0.2, 0) is 18.3 Å². The van der Waals surface area contributed by atoms with Gasteiger partial charge in [0, 0.05) is 27.7 Å². The molecule has 13 rings (SSSR count). The molecule has 59 heavy (non-hydrogen) atoms. The van der Waals surface area contributed by atoms with Gasteiger partial charge >= 0.3 is 0 Å². The number of fused-ring (bicyclic) bond motifs is 16. The highest BCUT2D eigenvalue weighted by Gasteiger charge is 2.52. The van der Waals surface area contributed by atoms with E-state index in [-0.39, 0.29) is 0 Å². The minimum atomic E-state index is -0.424. The molecule has 2 heteroatoms. The van der Waals surface area contributed by atoms with Crippen molar-refractivity contribution in [1.82, 2.24) is 4.57 Å². The van der Waals surface area contributed by atoms with Gasteiger partial charge in [0.15, 0.2) is 0 Å². The van der Waals surface area contributed by atoms with Crippen LogP contribution >= 0.6 is 0 Å². The van der Waals surface area contributed by atoms with Crippen LogP contribution in [0.15, 0.2) is 194 Å². The Balaban J connectivity index is 1.02. The maximum absolute atomic E-state index is 6.99. The van der Waals surface area contributed by atoms with E-state index in [0.717, 1.165) is 24.1 Å². The number of para-hydroxylation sites is 2. The summed E-state index contributed by atoms with van der Waals surface area (Å²) in [6.07, 6.45) is 1.74. The van der Waals surface area contributed by atoms with Gasteiger partial charge in [0.1, 0.15) is 0 Å². The van der Waals surface area contributed by atoms with E-state index in [1.54, 1.807) is 0 Å². The third-order valence-electron chi connectivity index (χ3n) is 13.6. The summed E-state index contributed by atoms with van der Waals surface area (Å²) in [5.74, 6) is 0. The molecule has 3 aliphatic carbocycles. The molecule has 10 aromatic rings. The van der Waals surface area contributed by atoms with Crippen molar-refractivity contribution in [1.29, 1.82) is 0 Å². The maximum Gasteiger partial charge on any atom is 0.0725 e. The van der Waals surface area contributed by atoms with Crippen LogP contribution in [0.4, 0.5) is 5.69 Å². The fraction of sp³-hybridized carbons (Fsp3) is 0.0526. The summed E-state index contributed by atoms with van der Waals surface area (Å²) >= 11 is 0. The molecule has 0 atom stereocenters. The Morgan fingerprint density at radius 1 is 0.424 bits per heavy atom. The summed E-state index contributed by atoms with van der Waals surface area (Å²) in [4.78, 5) is 0. The van der Waals surface area contributed by atoms with Gasteiger partial charge in [-0.25, -0.2) is 0 Å². The lowest BCUT2D eigenvalue weighted by Gasteiger charge is -2.31. The van der Waals surface area contributed by atoms with Crippen molar-refractivity contribution < 1.29 is 0 Å². The number of nitrogens with zero attached hydrogens (tertiary/aromatic N) is 1. The van der Waals surface area contributed by atoms with Crippen molar-refractivity contribution in [3.63, 3.8) is 0 Å². The molecule has 2 nitrogen and oxygen atoms in total. The summed E-state index contributed by atoms with van der Waals surface area (Å²) in [7, 11) is 0. The highest BCUT2D eigenvalue weighted by atomic mass is 15.0. The molecule has 1 spiro atoms. The van der Waals surface area contributed by atoms with Crippen molar-refractivity contribution in [2.45, 2.75) is 18.3 Å². The van der Waals surface area contributed by atoms with E-state index in [2.05, 4.69) is 187 Å². The van der Waals surface area contributed by atoms with Gasteiger partial charge in [0.25, 0.3) is 0 Å². The lowest BCUT2D eigenvalue weighted by atomic mass is 9.70. The number of benzene rings is 9. The van der Waals surface area contributed by atoms with Gasteiger partial charge in [0.2, 0.25) is 0 Å². The number of rotatable bonds is 4. The van der Waals surface area contributed by atoms with Crippen LogP contribution in [0, 0.1) is 0 Å². The van der Waals surface area contributed by atoms with E-state index in [0.29, 0.717) is 0 Å². The SMILES string of the molecule is Nc1ccccc1-c1c(Cc2cccc(-n3c4ccccc4c4cc5c(cc43)-c3ccccc3C5)c2)ccc2c1-c1ccccc1C21c2ccccc2-c2ccccc21. The largest absolute Gasteiger partial charge is 0.398 e. The Morgan fingerprint density at radius 3 is 1.85 bits per heavy atom. The number of hydrogen-bond acceptors (Lipinski definition) is 1. The van der Waals surface area contributed by atoms with Crippen LogP contribution in [0.3, 0.4) is 0 Å². The molecule has 0 unspecified atom stereocenters. The first-order valence-electron chi connectivity index (χ1n) is 20.7. The van der Waals surface area contributed by atoms with Crippen LogP contribution in [0.2, 0.25) is 0 Å². The zero-order valence-electron chi connectivity index (χ0n) is 32.4.